The van der Waals surface area contributed by atoms with Crippen molar-refractivity contribution in [2.24, 2.45) is 0 Å². The van der Waals surface area contributed by atoms with Crippen molar-refractivity contribution < 1.29 is 19.3 Å². The summed E-state index contributed by atoms with van der Waals surface area (Å²) >= 11 is 0. The largest absolute Gasteiger partial charge is 0.379 e. The zero-order valence-corrected chi connectivity index (χ0v) is 7.49. The van der Waals surface area contributed by atoms with Gasteiger partial charge in [0.15, 0.2) is 6.29 Å². The van der Waals surface area contributed by atoms with Crippen molar-refractivity contribution in [3.05, 3.63) is 6.92 Å². The minimum Gasteiger partial charge on any atom is -0.379 e. The van der Waals surface area contributed by atoms with Crippen LogP contribution in [0.2, 0.25) is 0 Å². The molecule has 0 amide bonds. The van der Waals surface area contributed by atoms with Crippen molar-refractivity contribution in [3.8, 4) is 0 Å². The van der Waals surface area contributed by atoms with E-state index in [9.17, 15) is 0 Å². The molecule has 0 aliphatic carbocycles. The summed E-state index contributed by atoms with van der Waals surface area (Å²) in [6, 6.07) is 0. The Bertz CT molecular complexity index is 87.1. The van der Waals surface area contributed by atoms with E-state index in [0.29, 0.717) is 26.4 Å². The van der Waals surface area contributed by atoms with Crippen LogP contribution in [0, 0.1) is 6.92 Å². The quantitative estimate of drug-likeness (QED) is 0.425. The van der Waals surface area contributed by atoms with E-state index < -0.39 is 6.29 Å². The highest BCUT2D eigenvalue weighted by atomic mass is 16.6. The van der Waals surface area contributed by atoms with E-state index in [4.69, 9.17) is 19.3 Å². The van der Waals surface area contributed by atoms with Gasteiger partial charge in [-0.1, -0.05) is 0 Å². The molecule has 0 spiro atoms. The second-order valence-electron chi connectivity index (χ2n) is 2.10. The maximum absolute atomic E-state index is 9.01. The van der Waals surface area contributed by atoms with Crippen LogP contribution in [0.3, 0.4) is 0 Å². The lowest BCUT2D eigenvalue weighted by molar-refractivity contribution is -0.137. The molecule has 1 N–H and O–H groups in total. The van der Waals surface area contributed by atoms with Gasteiger partial charge in [0.2, 0.25) is 0 Å². The molecule has 0 saturated heterocycles. The lowest BCUT2D eigenvalue weighted by Crippen LogP contribution is -2.20. The molecule has 0 aromatic carbocycles. The Morgan fingerprint density at radius 1 is 1.33 bits per heavy atom. The molecule has 12 heavy (non-hydrogen) atoms. The van der Waals surface area contributed by atoms with Gasteiger partial charge >= 0.3 is 0 Å². The van der Waals surface area contributed by atoms with Gasteiger partial charge in [-0.3, -0.25) is 0 Å². The third-order valence-electron chi connectivity index (χ3n) is 1.14. The lowest BCUT2D eigenvalue weighted by Gasteiger charge is -2.10. The molecule has 0 rings (SSSR count). The molecular weight excluding hydrogens is 160 g/mol. The van der Waals surface area contributed by atoms with Crippen LogP contribution in [-0.2, 0) is 14.2 Å². The Balaban J connectivity index is 2.97. The predicted octanol–water partition coefficient (Wildman–Crippen LogP) is 0.209. The summed E-state index contributed by atoms with van der Waals surface area (Å²) in [5, 5.41) is 9.01. The fraction of sp³-hybridized carbons (Fsp3) is 0.875. The number of hydrogen-bond donors (Lipinski definition) is 1. The fourth-order valence-electron chi connectivity index (χ4n) is 0.645. The van der Waals surface area contributed by atoms with Crippen LogP contribution >= 0.6 is 0 Å². The van der Waals surface area contributed by atoms with Crippen molar-refractivity contribution in [1.29, 1.82) is 0 Å². The highest BCUT2D eigenvalue weighted by Gasteiger charge is 2.01. The van der Waals surface area contributed by atoms with Crippen LogP contribution in [0.15, 0.2) is 0 Å². The molecule has 4 heteroatoms. The van der Waals surface area contributed by atoms with Gasteiger partial charge in [-0.15, -0.1) is 0 Å². The van der Waals surface area contributed by atoms with E-state index in [-0.39, 0.29) is 6.61 Å². The maximum atomic E-state index is 9.01. The summed E-state index contributed by atoms with van der Waals surface area (Å²) < 4.78 is 14.8. The summed E-state index contributed by atoms with van der Waals surface area (Å²) in [5.74, 6) is 0. The van der Waals surface area contributed by atoms with E-state index in [0.717, 1.165) is 0 Å². The number of aliphatic hydroxyl groups is 1. The van der Waals surface area contributed by atoms with E-state index in [1.807, 2.05) is 6.92 Å². The Labute approximate surface area is 73.4 Å². The molecule has 0 fully saturated rings. The smallest absolute Gasteiger partial charge is 0.178 e. The summed E-state index contributed by atoms with van der Waals surface area (Å²) in [4.78, 5) is 0. The standard InChI is InChI=1S/C8H17O4/c1-3-10-5-6-11-7-8(9)12-4-2/h8-9H,1,3-7H2,2H3. The SMILES string of the molecule is [CH2]COCCOCC(O)OCC. The molecule has 0 aliphatic heterocycles. The van der Waals surface area contributed by atoms with Gasteiger partial charge in [-0.2, -0.15) is 0 Å². The van der Waals surface area contributed by atoms with E-state index >= 15 is 0 Å². The topological polar surface area (TPSA) is 47.9 Å². The molecule has 4 nitrogen and oxygen atoms in total. The second-order valence-corrected chi connectivity index (χ2v) is 2.10. The first-order valence-electron chi connectivity index (χ1n) is 4.05. The van der Waals surface area contributed by atoms with E-state index in [1.54, 1.807) is 0 Å². The lowest BCUT2D eigenvalue weighted by atomic mass is 10.6. The summed E-state index contributed by atoms with van der Waals surface area (Å²) in [6.07, 6.45) is -0.824. The van der Waals surface area contributed by atoms with Crippen molar-refractivity contribution in [3.63, 3.8) is 0 Å². The highest BCUT2D eigenvalue weighted by Crippen LogP contribution is 1.88. The third-order valence-corrected chi connectivity index (χ3v) is 1.14. The van der Waals surface area contributed by atoms with Gasteiger partial charge in [0.25, 0.3) is 0 Å². The number of ether oxygens (including phenoxy) is 3. The van der Waals surface area contributed by atoms with Gasteiger partial charge in [0, 0.05) is 13.2 Å². The average molecular weight is 177 g/mol. The molecule has 0 heterocycles. The summed E-state index contributed by atoms with van der Waals surface area (Å²) in [7, 11) is 0. The van der Waals surface area contributed by atoms with Crippen LogP contribution in [0.1, 0.15) is 6.92 Å². The van der Waals surface area contributed by atoms with Crippen molar-refractivity contribution in [2.75, 3.05) is 33.0 Å². The Morgan fingerprint density at radius 2 is 2.00 bits per heavy atom. The van der Waals surface area contributed by atoms with Gasteiger partial charge < -0.3 is 19.3 Å². The Kier molecular flexibility index (Phi) is 8.81. The van der Waals surface area contributed by atoms with Crippen LogP contribution in [0.25, 0.3) is 0 Å². The normalized spacial score (nSPS) is 13.2. The molecule has 0 saturated carbocycles. The van der Waals surface area contributed by atoms with Gasteiger partial charge in [0.05, 0.1) is 19.8 Å². The first-order valence-corrected chi connectivity index (χ1v) is 4.05. The molecule has 73 valence electrons. The number of aliphatic hydroxyl groups excluding tert-OH is 1. The molecule has 0 aliphatic rings. The van der Waals surface area contributed by atoms with Crippen LogP contribution in [-0.4, -0.2) is 44.4 Å². The molecule has 0 bridgehead atoms. The second kappa shape index (κ2) is 8.93. The summed E-state index contributed by atoms with van der Waals surface area (Å²) in [6.45, 7) is 7.39. The fourth-order valence-corrected chi connectivity index (χ4v) is 0.645. The minimum atomic E-state index is -0.824. The van der Waals surface area contributed by atoms with Crippen LogP contribution in [0.5, 0.6) is 0 Å². The predicted molar refractivity (Wildman–Crippen MR) is 44.6 cm³/mol. The first-order chi connectivity index (χ1) is 5.81. The molecule has 1 radical (unpaired) electrons. The van der Waals surface area contributed by atoms with Crippen LogP contribution < -0.4 is 0 Å². The van der Waals surface area contributed by atoms with Crippen molar-refractivity contribution in [1.82, 2.24) is 0 Å². The maximum Gasteiger partial charge on any atom is 0.178 e. The number of rotatable bonds is 8. The minimum absolute atomic E-state index is 0.189. The zero-order valence-electron chi connectivity index (χ0n) is 7.49. The summed E-state index contributed by atoms with van der Waals surface area (Å²) in [5.41, 5.74) is 0. The van der Waals surface area contributed by atoms with Gasteiger partial charge in [-0.05, 0) is 13.8 Å². The van der Waals surface area contributed by atoms with Gasteiger partial charge in [0.1, 0.15) is 0 Å². The van der Waals surface area contributed by atoms with Gasteiger partial charge in [-0.25, -0.2) is 0 Å². The third kappa shape index (κ3) is 7.94. The van der Waals surface area contributed by atoms with Crippen LogP contribution in [0.4, 0.5) is 0 Å². The Hall–Kier alpha value is -0.160. The number of hydrogen-bond acceptors (Lipinski definition) is 4. The molecule has 0 aromatic heterocycles. The molecule has 0 aromatic rings. The first kappa shape index (κ1) is 11.8. The van der Waals surface area contributed by atoms with E-state index in [2.05, 4.69) is 6.92 Å². The molecule has 1 atom stereocenters. The Morgan fingerprint density at radius 3 is 2.58 bits per heavy atom. The van der Waals surface area contributed by atoms with Crippen molar-refractivity contribution >= 4 is 0 Å². The average Bonchev–Trinajstić information content (AvgIpc) is 2.05. The molecule has 1 unspecified atom stereocenters. The highest BCUT2D eigenvalue weighted by molar-refractivity contribution is 4.38. The van der Waals surface area contributed by atoms with Crippen molar-refractivity contribution in [2.45, 2.75) is 13.2 Å². The monoisotopic (exact) mass is 177 g/mol. The zero-order chi connectivity index (χ0) is 9.23. The van der Waals surface area contributed by atoms with E-state index in [1.165, 1.54) is 0 Å². The molecular formula is C8H17O4.